The molecule has 1 aromatic rings. The Hall–Kier alpha value is -2.23. The van der Waals surface area contributed by atoms with Gasteiger partial charge in [-0.05, 0) is 11.6 Å². The van der Waals surface area contributed by atoms with E-state index in [0.717, 1.165) is 5.56 Å². The molecule has 0 radical (unpaired) electrons. The lowest BCUT2D eigenvalue weighted by Gasteiger charge is -2.24. The van der Waals surface area contributed by atoms with Crippen molar-refractivity contribution >= 4 is 5.71 Å². The van der Waals surface area contributed by atoms with Crippen LogP contribution >= 0.6 is 0 Å². The molecule has 4 heteroatoms. The van der Waals surface area contributed by atoms with Gasteiger partial charge in [0.05, 0.1) is 17.3 Å². The SMILES string of the molecule is N=C1C=C(N)C(c2ccccc2)C(N)=C1N. The quantitative estimate of drug-likeness (QED) is 0.555. The van der Waals surface area contributed by atoms with E-state index in [4.69, 9.17) is 22.6 Å². The summed E-state index contributed by atoms with van der Waals surface area (Å²) in [7, 11) is 0. The zero-order valence-electron chi connectivity index (χ0n) is 8.77. The lowest BCUT2D eigenvalue weighted by Crippen LogP contribution is -2.29. The third kappa shape index (κ3) is 1.54. The number of rotatable bonds is 1. The van der Waals surface area contributed by atoms with E-state index < -0.39 is 0 Å². The molecule has 0 aromatic heterocycles. The average molecular weight is 214 g/mol. The van der Waals surface area contributed by atoms with E-state index in [-0.39, 0.29) is 11.6 Å². The van der Waals surface area contributed by atoms with Gasteiger partial charge in [-0.15, -0.1) is 0 Å². The van der Waals surface area contributed by atoms with Crippen molar-refractivity contribution in [2.24, 2.45) is 17.2 Å². The smallest absolute Gasteiger partial charge is 0.0804 e. The maximum Gasteiger partial charge on any atom is 0.0804 e. The molecule has 0 spiro atoms. The molecule has 0 heterocycles. The Bertz CT molecular complexity index is 485. The molecule has 0 saturated carbocycles. The Labute approximate surface area is 93.9 Å². The standard InChI is InChI=1S/C12H14N4/c13-8-6-9(14)11(15)12(16)10(8)7-4-2-1-3-5-7/h1-6,10,14H,13,15-16H2. The summed E-state index contributed by atoms with van der Waals surface area (Å²) in [5.41, 5.74) is 20.1. The van der Waals surface area contributed by atoms with Crippen LogP contribution in [0.25, 0.3) is 0 Å². The molecular weight excluding hydrogens is 200 g/mol. The average Bonchev–Trinajstić information content (AvgIpc) is 2.28. The van der Waals surface area contributed by atoms with Crippen molar-refractivity contribution in [3.05, 3.63) is 59.1 Å². The highest BCUT2D eigenvalue weighted by molar-refractivity contribution is 6.07. The van der Waals surface area contributed by atoms with Crippen LogP contribution in [-0.2, 0) is 0 Å². The highest BCUT2D eigenvalue weighted by atomic mass is 14.8. The minimum absolute atomic E-state index is 0.183. The monoisotopic (exact) mass is 214 g/mol. The van der Waals surface area contributed by atoms with Crippen molar-refractivity contribution in [1.82, 2.24) is 0 Å². The third-order valence-electron chi connectivity index (χ3n) is 2.69. The summed E-state index contributed by atoms with van der Waals surface area (Å²) >= 11 is 0. The zero-order chi connectivity index (χ0) is 11.7. The Balaban J connectivity index is 2.50. The van der Waals surface area contributed by atoms with Gasteiger partial charge in [-0.1, -0.05) is 30.3 Å². The molecule has 0 aliphatic heterocycles. The Morgan fingerprint density at radius 3 is 2.25 bits per heavy atom. The number of hydrogen-bond donors (Lipinski definition) is 4. The Kier molecular flexibility index (Phi) is 2.40. The number of hydrogen-bond acceptors (Lipinski definition) is 4. The van der Waals surface area contributed by atoms with Gasteiger partial charge in [0.2, 0.25) is 0 Å². The van der Waals surface area contributed by atoms with Crippen molar-refractivity contribution in [3.8, 4) is 0 Å². The maximum atomic E-state index is 7.59. The van der Waals surface area contributed by atoms with Gasteiger partial charge in [0, 0.05) is 11.4 Å². The van der Waals surface area contributed by atoms with Crippen molar-refractivity contribution in [2.75, 3.05) is 0 Å². The maximum absolute atomic E-state index is 7.59. The van der Waals surface area contributed by atoms with Gasteiger partial charge < -0.3 is 17.2 Å². The molecule has 4 nitrogen and oxygen atoms in total. The summed E-state index contributed by atoms with van der Waals surface area (Å²) in [6, 6.07) is 9.66. The van der Waals surface area contributed by atoms with Gasteiger partial charge in [-0.2, -0.15) is 0 Å². The van der Waals surface area contributed by atoms with Gasteiger partial charge >= 0.3 is 0 Å². The predicted octanol–water partition coefficient (Wildman–Crippen LogP) is 0.775. The van der Waals surface area contributed by atoms with E-state index in [1.54, 1.807) is 6.08 Å². The van der Waals surface area contributed by atoms with Gasteiger partial charge in [0.1, 0.15) is 0 Å². The van der Waals surface area contributed by atoms with Crippen LogP contribution < -0.4 is 17.2 Å². The molecule has 16 heavy (non-hydrogen) atoms. The second-order valence-corrected chi connectivity index (χ2v) is 3.77. The van der Waals surface area contributed by atoms with Crippen LogP contribution in [0.1, 0.15) is 11.5 Å². The number of allylic oxidation sites excluding steroid dienone is 1. The summed E-state index contributed by atoms with van der Waals surface area (Å²) in [6.45, 7) is 0. The minimum Gasteiger partial charge on any atom is -0.401 e. The first-order valence-corrected chi connectivity index (χ1v) is 4.97. The highest BCUT2D eigenvalue weighted by Crippen LogP contribution is 2.30. The van der Waals surface area contributed by atoms with Gasteiger partial charge in [0.15, 0.2) is 0 Å². The molecule has 1 unspecified atom stereocenters. The van der Waals surface area contributed by atoms with Crippen molar-refractivity contribution in [1.29, 1.82) is 5.41 Å². The number of nitrogens with two attached hydrogens (primary N) is 3. The second-order valence-electron chi connectivity index (χ2n) is 3.77. The molecular formula is C12H14N4. The molecule has 7 N–H and O–H groups in total. The first-order chi connectivity index (χ1) is 7.61. The second kappa shape index (κ2) is 3.73. The molecule has 0 bridgehead atoms. The van der Waals surface area contributed by atoms with E-state index in [1.807, 2.05) is 30.3 Å². The molecule has 82 valence electrons. The van der Waals surface area contributed by atoms with E-state index in [1.165, 1.54) is 0 Å². The predicted molar refractivity (Wildman–Crippen MR) is 64.6 cm³/mol. The van der Waals surface area contributed by atoms with Crippen molar-refractivity contribution in [2.45, 2.75) is 5.92 Å². The molecule has 1 aliphatic rings. The lowest BCUT2D eigenvalue weighted by molar-refractivity contribution is 0.865. The van der Waals surface area contributed by atoms with Crippen LogP contribution in [0.15, 0.2) is 53.5 Å². The lowest BCUT2D eigenvalue weighted by atomic mass is 9.87. The highest BCUT2D eigenvalue weighted by Gasteiger charge is 2.25. The van der Waals surface area contributed by atoms with Gasteiger partial charge in [-0.25, -0.2) is 0 Å². The molecule has 0 amide bonds. The minimum atomic E-state index is -0.213. The van der Waals surface area contributed by atoms with Crippen molar-refractivity contribution < 1.29 is 0 Å². The molecule has 2 rings (SSSR count). The Morgan fingerprint density at radius 2 is 1.62 bits per heavy atom. The number of benzene rings is 1. The van der Waals surface area contributed by atoms with Crippen LogP contribution in [0.4, 0.5) is 0 Å². The summed E-state index contributed by atoms with van der Waals surface area (Å²) < 4.78 is 0. The van der Waals surface area contributed by atoms with Crippen LogP contribution in [0, 0.1) is 5.41 Å². The van der Waals surface area contributed by atoms with Crippen LogP contribution in [-0.4, -0.2) is 5.71 Å². The van der Waals surface area contributed by atoms with Crippen LogP contribution in [0.5, 0.6) is 0 Å². The molecule has 1 aliphatic carbocycles. The largest absolute Gasteiger partial charge is 0.401 e. The fourth-order valence-corrected chi connectivity index (χ4v) is 1.84. The molecule has 1 aromatic carbocycles. The Morgan fingerprint density at radius 1 is 1.00 bits per heavy atom. The normalized spacial score (nSPS) is 20.9. The fourth-order valence-electron chi connectivity index (χ4n) is 1.84. The zero-order valence-corrected chi connectivity index (χ0v) is 8.77. The topological polar surface area (TPSA) is 102 Å². The number of nitrogens with one attached hydrogen (secondary N) is 1. The summed E-state index contributed by atoms with van der Waals surface area (Å²) in [6.07, 6.45) is 1.56. The van der Waals surface area contributed by atoms with E-state index in [2.05, 4.69) is 0 Å². The summed E-state index contributed by atoms with van der Waals surface area (Å²) in [5.74, 6) is -0.213. The fraction of sp³-hybridized carbons (Fsp3) is 0.0833. The van der Waals surface area contributed by atoms with Gasteiger partial charge in [-0.3, -0.25) is 5.41 Å². The molecule has 1 atom stereocenters. The van der Waals surface area contributed by atoms with E-state index >= 15 is 0 Å². The third-order valence-corrected chi connectivity index (χ3v) is 2.69. The van der Waals surface area contributed by atoms with E-state index in [9.17, 15) is 0 Å². The van der Waals surface area contributed by atoms with Gasteiger partial charge in [0.25, 0.3) is 0 Å². The van der Waals surface area contributed by atoms with Crippen LogP contribution in [0.3, 0.4) is 0 Å². The molecule has 0 saturated heterocycles. The summed E-state index contributed by atoms with van der Waals surface area (Å²) in [4.78, 5) is 0. The first-order valence-electron chi connectivity index (χ1n) is 4.97. The van der Waals surface area contributed by atoms with Crippen molar-refractivity contribution in [3.63, 3.8) is 0 Å². The van der Waals surface area contributed by atoms with Crippen LogP contribution in [0.2, 0.25) is 0 Å². The molecule has 0 fully saturated rings. The first kappa shape index (κ1) is 10.3. The summed E-state index contributed by atoms with van der Waals surface area (Å²) in [5, 5.41) is 7.59. The van der Waals surface area contributed by atoms with E-state index in [0.29, 0.717) is 17.1 Å².